The van der Waals surface area contributed by atoms with Crippen molar-refractivity contribution in [1.29, 1.82) is 0 Å². The molecule has 0 radical (unpaired) electrons. The van der Waals surface area contributed by atoms with E-state index in [1.54, 1.807) is 6.21 Å². The van der Waals surface area contributed by atoms with Crippen LogP contribution in [0.5, 0.6) is 11.5 Å². The second-order valence-corrected chi connectivity index (χ2v) is 11.9. The Morgan fingerprint density at radius 1 is 1.00 bits per heavy atom. The van der Waals surface area contributed by atoms with Crippen LogP contribution in [-0.4, -0.2) is 27.2 Å². The van der Waals surface area contributed by atoms with Crippen molar-refractivity contribution in [2.24, 2.45) is 5.10 Å². The van der Waals surface area contributed by atoms with Gasteiger partial charge in [-0.2, -0.15) is 5.10 Å². The molecule has 4 rings (SSSR count). The summed E-state index contributed by atoms with van der Waals surface area (Å²) >= 11 is 0. The summed E-state index contributed by atoms with van der Waals surface area (Å²) in [6.07, 6.45) is 2.46. The van der Waals surface area contributed by atoms with Crippen LogP contribution < -0.4 is 10.2 Å². The molecule has 1 aromatic heterocycles. The van der Waals surface area contributed by atoms with E-state index in [0.29, 0.717) is 25.2 Å². The van der Waals surface area contributed by atoms with Crippen molar-refractivity contribution >= 4 is 23.2 Å². The number of benzene rings is 3. The standard InChI is InChI=1S/C32H38N4O3/c1-31(2,3)24-17-22(18-25(30(24)38)32(4,5)6)13-16-29(37)36-33-19-21-11-14-23(15-12-21)39-20-28-34-26-9-7-8-10-27(26)35-28/h7-12,14-15,17-19,38H,13,16,20H2,1-6H3,(H,34,35)(H,36,37)/b33-19-. The van der Waals surface area contributed by atoms with E-state index >= 15 is 0 Å². The topological polar surface area (TPSA) is 99.6 Å². The number of carbonyl (C=O) groups excluding carboxylic acids is 1. The van der Waals surface area contributed by atoms with Gasteiger partial charge in [0.2, 0.25) is 5.91 Å². The average Bonchev–Trinajstić information content (AvgIpc) is 3.29. The van der Waals surface area contributed by atoms with Crippen molar-refractivity contribution in [3.8, 4) is 11.5 Å². The number of ether oxygens (including phenoxy) is 1. The number of phenolic OH excluding ortho intramolecular Hbond substituents is 1. The van der Waals surface area contributed by atoms with Gasteiger partial charge in [0.05, 0.1) is 17.2 Å². The van der Waals surface area contributed by atoms with E-state index in [4.69, 9.17) is 4.74 Å². The van der Waals surface area contributed by atoms with E-state index in [-0.39, 0.29) is 16.7 Å². The minimum Gasteiger partial charge on any atom is -0.507 e. The second kappa shape index (κ2) is 11.3. The molecule has 0 aliphatic heterocycles. The van der Waals surface area contributed by atoms with Gasteiger partial charge in [-0.1, -0.05) is 65.8 Å². The number of amides is 1. The molecule has 0 bridgehead atoms. The first-order valence-corrected chi connectivity index (χ1v) is 13.3. The van der Waals surface area contributed by atoms with Crippen LogP contribution >= 0.6 is 0 Å². The van der Waals surface area contributed by atoms with Crippen LogP contribution in [0.25, 0.3) is 11.0 Å². The summed E-state index contributed by atoms with van der Waals surface area (Å²) in [5.41, 5.74) is 7.76. The maximum Gasteiger partial charge on any atom is 0.240 e. The van der Waals surface area contributed by atoms with E-state index in [1.807, 2.05) is 60.7 Å². The Bertz CT molecular complexity index is 1400. The van der Waals surface area contributed by atoms with Gasteiger partial charge in [0.1, 0.15) is 23.9 Å². The summed E-state index contributed by atoms with van der Waals surface area (Å²) in [5.74, 6) is 1.66. The van der Waals surface area contributed by atoms with Crippen LogP contribution in [0, 0.1) is 0 Å². The van der Waals surface area contributed by atoms with Gasteiger partial charge in [-0.3, -0.25) is 4.79 Å². The maximum absolute atomic E-state index is 12.5. The molecule has 204 valence electrons. The number of phenols is 1. The highest BCUT2D eigenvalue weighted by Crippen LogP contribution is 2.40. The van der Waals surface area contributed by atoms with Crippen molar-refractivity contribution in [3.63, 3.8) is 0 Å². The molecule has 7 heteroatoms. The van der Waals surface area contributed by atoms with Crippen molar-refractivity contribution in [2.45, 2.75) is 71.8 Å². The third kappa shape index (κ3) is 7.25. The molecule has 0 fully saturated rings. The number of carbonyl (C=O) groups is 1. The number of aromatic hydroxyl groups is 1. The Kier molecular flexibility index (Phi) is 8.09. The lowest BCUT2D eigenvalue weighted by Crippen LogP contribution is -2.20. The number of hydrogen-bond donors (Lipinski definition) is 3. The van der Waals surface area contributed by atoms with Gasteiger partial charge in [0.25, 0.3) is 0 Å². The number of aromatic nitrogens is 2. The summed E-state index contributed by atoms with van der Waals surface area (Å²) in [7, 11) is 0. The Labute approximate surface area is 230 Å². The van der Waals surface area contributed by atoms with E-state index in [2.05, 4.69) is 62.0 Å². The van der Waals surface area contributed by atoms with Crippen molar-refractivity contribution < 1.29 is 14.6 Å². The molecular weight excluding hydrogens is 488 g/mol. The first kappa shape index (κ1) is 27.9. The quantitative estimate of drug-likeness (QED) is 0.180. The lowest BCUT2D eigenvalue weighted by molar-refractivity contribution is -0.121. The fraction of sp³-hybridized carbons (Fsp3) is 0.344. The van der Waals surface area contributed by atoms with Crippen molar-refractivity contribution in [2.75, 3.05) is 0 Å². The molecule has 4 aromatic rings. The molecule has 0 aliphatic rings. The molecule has 39 heavy (non-hydrogen) atoms. The number of nitrogens with one attached hydrogen (secondary N) is 2. The molecule has 0 saturated heterocycles. The van der Waals surface area contributed by atoms with Crippen LogP contribution in [-0.2, 0) is 28.7 Å². The SMILES string of the molecule is CC(C)(C)c1cc(CCC(=O)N/N=C\c2ccc(OCc3nc4ccccc4[nH]3)cc2)cc(C(C)(C)C)c1O. The molecule has 0 aliphatic carbocycles. The predicted octanol–water partition coefficient (Wildman–Crippen LogP) is 6.53. The number of para-hydroxylation sites is 2. The van der Waals surface area contributed by atoms with Gasteiger partial charge in [-0.15, -0.1) is 0 Å². The molecular formula is C32H38N4O3. The Morgan fingerprint density at radius 2 is 1.64 bits per heavy atom. The zero-order valence-corrected chi connectivity index (χ0v) is 23.6. The number of aryl methyl sites for hydroxylation is 1. The maximum atomic E-state index is 12.5. The highest BCUT2D eigenvalue weighted by molar-refractivity contribution is 5.82. The summed E-state index contributed by atoms with van der Waals surface area (Å²) in [6.45, 7) is 12.8. The predicted molar refractivity (Wildman–Crippen MR) is 156 cm³/mol. The number of rotatable bonds is 8. The van der Waals surface area contributed by atoms with Crippen LogP contribution in [0.15, 0.2) is 65.8 Å². The fourth-order valence-corrected chi connectivity index (χ4v) is 4.35. The van der Waals surface area contributed by atoms with Gasteiger partial charge < -0.3 is 14.8 Å². The highest BCUT2D eigenvalue weighted by atomic mass is 16.5. The minimum absolute atomic E-state index is 0.167. The van der Waals surface area contributed by atoms with Gasteiger partial charge >= 0.3 is 0 Å². The molecule has 0 spiro atoms. The normalized spacial score (nSPS) is 12.3. The van der Waals surface area contributed by atoms with Crippen molar-refractivity contribution in [3.05, 3.63) is 88.7 Å². The number of fused-ring (bicyclic) bond motifs is 1. The monoisotopic (exact) mass is 526 g/mol. The van der Waals surface area contributed by atoms with E-state index in [1.165, 1.54) is 0 Å². The number of H-pyrrole nitrogens is 1. The Balaban J connectivity index is 1.29. The van der Waals surface area contributed by atoms with E-state index in [0.717, 1.165) is 44.9 Å². The second-order valence-electron chi connectivity index (χ2n) is 11.9. The van der Waals surface area contributed by atoms with E-state index < -0.39 is 0 Å². The van der Waals surface area contributed by atoms with Crippen LogP contribution in [0.1, 0.15) is 76.0 Å². The van der Waals surface area contributed by atoms with Crippen LogP contribution in [0.3, 0.4) is 0 Å². The fourth-order valence-electron chi connectivity index (χ4n) is 4.35. The van der Waals surface area contributed by atoms with Crippen molar-refractivity contribution in [1.82, 2.24) is 15.4 Å². The number of nitrogens with zero attached hydrogens (tertiary/aromatic N) is 2. The molecule has 7 nitrogen and oxygen atoms in total. The lowest BCUT2D eigenvalue weighted by Gasteiger charge is -2.28. The highest BCUT2D eigenvalue weighted by Gasteiger charge is 2.26. The zero-order chi connectivity index (χ0) is 28.2. The number of imidazole rings is 1. The van der Waals surface area contributed by atoms with E-state index in [9.17, 15) is 9.90 Å². The lowest BCUT2D eigenvalue weighted by atomic mass is 9.78. The average molecular weight is 527 g/mol. The number of hydrogen-bond acceptors (Lipinski definition) is 5. The van der Waals surface area contributed by atoms with Gasteiger partial charge in [0, 0.05) is 6.42 Å². The molecule has 3 N–H and O–H groups in total. The van der Waals surface area contributed by atoms with Crippen LogP contribution in [0.2, 0.25) is 0 Å². The molecule has 0 atom stereocenters. The first-order valence-electron chi connectivity index (χ1n) is 13.3. The summed E-state index contributed by atoms with van der Waals surface area (Å²) in [5, 5.41) is 15.0. The molecule has 0 unspecified atom stereocenters. The molecule has 0 saturated carbocycles. The first-order chi connectivity index (χ1) is 18.4. The summed E-state index contributed by atoms with van der Waals surface area (Å²) in [6, 6.07) is 19.4. The van der Waals surface area contributed by atoms with Gasteiger partial charge in [-0.25, -0.2) is 10.4 Å². The molecule has 3 aromatic carbocycles. The zero-order valence-electron chi connectivity index (χ0n) is 23.6. The number of aromatic amines is 1. The third-order valence-corrected chi connectivity index (χ3v) is 6.52. The van der Waals surface area contributed by atoms with Crippen LogP contribution in [0.4, 0.5) is 0 Å². The Hall–Kier alpha value is -4.13. The summed E-state index contributed by atoms with van der Waals surface area (Å²) in [4.78, 5) is 20.2. The largest absolute Gasteiger partial charge is 0.507 e. The Morgan fingerprint density at radius 3 is 2.26 bits per heavy atom. The van der Waals surface area contributed by atoms with Gasteiger partial charge in [-0.05, 0) is 75.9 Å². The molecule has 1 heterocycles. The minimum atomic E-state index is -0.208. The molecule has 1 amide bonds. The summed E-state index contributed by atoms with van der Waals surface area (Å²) < 4.78 is 5.84. The number of hydrazone groups is 1. The van der Waals surface area contributed by atoms with Gasteiger partial charge in [0.15, 0.2) is 0 Å². The third-order valence-electron chi connectivity index (χ3n) is 6.52. The smallest absolute Gasteiger partial charge is 0.240 e.